The molecule has 2 N–H and O–H groups in total. The number of carbonyl (C=O) groups is 1. The molecule has 0 amide bonds. The van der Waals surface area contributed by atoms with Crippen LogP contribution in [0.1, 0.15) is 39.5 Å². The Morgan fingerprint density at radius 1 is 0.976 bits per heavy atom. The number of benzene rings is 4. The molecule has 5 nitrogen and oxygen atoms in total. The molecule has 5 rings (SSSR count). The largest absolute Gasteiger partial charge is 0.478 e. The Morgan fingerprint density at radius 2 is 1.68 bits per heavy atom. The second kappa shape index (κ2) is 10.9. The van der Waals surface area contributed by atoms with E-state index in [0.29, 0.717) is 18.5 Å². The molecule has 4 aromatic carbocycles. The van der Waals surface area contributed by atoms with Crippen LogP contribution in [0.25, 0.3) is 11.1 Å². The molecule has 4 aromatic rings. The van der Waals surface area contributed by atoms with Crippen molar-refractivity contribution in [2.75, 3.05) is 5.32 Å². The molecule has 0 spiro atoms. The second-order valence-electron chi connectivity index (χ2n) is 10.1. The molecular formula is C31H25ClF3NO4S. The molecule has 0 heterocycles. The number of hydrogen-bond acceptors (Lipinski definition) is 4. The fourth-order valence-corrected chi connectivity index (χ4v) is 7.31. The maximum absolute atomic E-state index is 13.5. The molecule has 0 fully saturated rings. The molecule has 41 heavy (non-hydrogen) atoms. The minimum absolute atomic E-state index is 0.122. The molecule has 1 atom stereocenters. The number of rotatable bonds is 8. The van der Waals surface area contributed by atoms with Crippen molar-refractivity contribution in [3.8, 4) is 11.1 Å². The fraction of sp³-hybridized carbons (Fsp3) is 0.194. The molecule has 0 saturated heterocycles. The monoisotopic (exact) mass is 599 g/mol. The van der Waals surface area contributed by atoms with Crippen molar-refractivity contribution >= 4 is 33.1 Å². The number of carboxylic acids is 1. The van der Waals surface area contributed by atoms with Gasteiger partial charge in [-0.15, -0.1) is 0 Å². The predicted octanol–water partition coefficient (Wildman–Crippen LogP) is 7.59. The summed E-state index contributed by atoms with van der Waals surface area (Å²) in [6, 6.07) is 20.6. The number of alkyl halides is 3. The van der Waals surface area contributed by atoms with E-state index in [4.69, 9.17) is 11.6 Å². The molecule has 1 aliphatic carbocycles. The van der Waals surface area contributed by atoms with Gasteiger partial charge >= 0.3 is 12.1 Å². The van der Waals surface area contributed by atoms with Crippen molar-refractivity contribution in [3.05, 3.63) is 112 Å². The first-order chi connectivity index (χ1) is 19.3. The standard InChI is InChI=1S/C31H25ClF3NO4S/c1-18(15-19-9-12-22(13-10-19)41(39,40)29-25(30(37)38)7-4-8-27(29)32)36-28-21(17-31(33,34)35)11-14-24-23-6-3-2-5-20(23)16-26(24)28/h2-14,18,36H,15-17H2,1H3,(H,37,38)/t18-/m1/s1. The van der Waals surface area contributed by atoms with Gasteiger partial charge in [-0.25, -0.2) is 13.2 Å². The van der Waals surface area contributed by atoms with Crippen molar-refractivity contribution in [1.82, 2.24) is 0 Å². The molecule has 0 bridgehead atoms. The summed E-state index contributed by atoms with van der Waals surface area (Å²) in [7, 11) is -4.23. The van der Waals surface area contributed by atoms with E-state index in [1.165, 1.54) is 36.4 Å². The average Bonchev–Trinajstić information content (AvgIpc) is 3.28. The molecular weight excluding hydrogens is 575 g/mol. The lowest BCUT2D eigenvalue weighted by Crippen LogP contribution is -2.22. The van der Waals surface area contributed by atoms with Gasteiger partial charge in [-0.3, -0.25) is 0 Å². The van der Waals surface area contributed by atoms with Gasteiger partial charge in [0.25, 0.3) is 0 Å². The van der Waals surface area contributed by atoms with Crippen LogP contribution in [-0.2, 0) is 29.1 Å². The van der Waals surface area contributed by atoms with E-state index in [1.54, 1.807) is 18.2 Å². The Labute approximate surface area is 240 Å². The lowest BCUT2D eigenvalue weighted by Gasteiger charge is -2.22. The Kier molecular flexibility index (Phi) is 7.61. The molecule has 0 aromatic heterocycles. The Balaban J connectivity index is 1.40. The van der Waals surface area contributed by atoms with Crippen LogP contribution in [0.3, 0.4) is 0 Å². The molecule has 10 heteroatoms. The summed E-state index contributed by atoms with van der Waals surface area (Å²) in [5.74, 6) is -1.41. The van der Waals surface area contributed by atoms with Gasteiger partial charge in [0.15, 0.2) is 0 Å². The zero-order valence-corrected chi connectivity index (χ0v) is 23.4. The van der Waals surface area contributed by atoms with Crippen LogP contribution in [0.2, 0.25) is 5.02 Å². The molecule has 0 saturated carbocycles. The predicted molar refractivity (Wildman–Crippen MR) is 152 cm³/mol. The van der Waals surface area contributed by atoms with E-state index in [0.717, 1.165) is 27.8 Å². The summed E-state index contributed by atoms with van der Waals surface area (Å²) in [6.45, 7) is 1.85. The zero-order valence-electron chi connectivity index (χ0n) is 21.8. The summed E-state index contributed by atoms with van der Waals surface area (Å²) < 4.78 is 66.9. The van der Waals surface area contributed by atoms with Gasteiger partial charge in [-0.2, -0.15) is 13.2 Å². The lowest BCUT2D eigenvalue weighted by atomic mass is 9.97. The van der Waals surface area contributed by atoms with Crippen LogP contribution in [0, 0.1) is 0 Å². The normalized spacial score (nSPS) is 13.4. The average molecular weight is 600 g/mol. The van der Waals surface area contributed by atoms with Crippen LogP contribution in [0.5, 0.6) is 0 Å². The molecule has 0 aliphatic heterocycles. The van der Waals surface area contributed by atoms with Gasteiger partial charge in [0.1, 0.15) is 4.90 Å². The van der Waals surface area contributed by atoms with Crippen LogP contribution in [0.15, 0.2) is 88.7 Å². The highest BCUT2D eigenvalue weighted by atomic mass is 35.5. The molecule has 1 aliphatic rings. The van der Waals surface area contributed by atoms with Gasteiger partial charge in [-0.05, 0) is 71.0 Å². The number of aromatic carboxylic acids is 1. The van der Waals surface area contributed by atoms with E-state index >= 15 is 0 Å². The maximum atomic E-state index is 13.5. The summed E-state index contributed by atoms with van der Waals surface area (Å²) in [5.41, 5.74) is 4.78. The summed E-state index contributed by atoms with van der Waals surface area (Å²) in [4.78, 5) is 11.0. The zero-order chi connectivity index (χ0) is 29.5. The highest BCUT2D eigenvalue weighted by Crippen LogP contribution is 2.43. The quantitative estimate of drug-likeness (QED) is 0.192. The SMILES string of the molecule is C[C@H](Cc1ccc(S(=O)(=O)c2c(Cl)cccc2C(=O)O)cc1)Nc1c(CC(F)(F)F)ccc2c1Cc1ccccc1-2. The van der Waals surface area contributed by atoms with E-state index in [-0.39, 0.29) is 21.5 Å². The third-order valence-corrected chi connectivity index (χ3v) is 9.39. The third kappa shape index (κ3) is 5.83. The van der Waals surface area contributed by atoms with Crippen molar-refractivity contribution < 1.29 is 31.5 Å². The second-order valence-corrected chi connectivity index (χ2v) is 12.4. The van der Waals surface area contributed by atoms with Crippen LogP contribution in [-0.4, -0.2) is 31.7 Å². The van der Waals surface area contributed by atoms with E-state index < -0.39 is 38.9 Å². The maximum Gasteiger partial charge on any atom is 0.393 e. The first kappa shape index (κ1) is 28.7. The van der Waals surface area contributed by atoms with Crippen LogP contribution in [0.4, 0.5) is 18.9 Å². The molecule has 212 valence electrons. The molecule has 0 radical (unpaired) electrons. The Morgan fingerprint density at radius 3 is 2.37 bits per heavy atom. The van der Waals surface area contributed by atoms with Crippen molar-refractivity contribution in [1.29, 1.82) is 0 Å². The number of nitrogens with one attached hydrogen (secondary N) is 1. The van der Waals surface area contributed by atoms with Gasteiger partial charge in [0.05, 0.1) is 21.9 Å². The van der Waals surface area contributed by atoms with Crippen LogP contribution >= 0.6 is 11.6 Å². The molecule has 0 unspecified atom stereocenters. The summed E-state index contributed by atoms with van der Waals surface area (Å²) in [5, 5.41) is 12.6. The number of halogens is 4. The topological polar surface area (TPSA) is 83.5 Å². The van der Waals surface area contributed by atoms with Gasteiger partial charge in [-0.1, -0.05) is 66.2 Å². The minimum atomic E-state index is -4.37. The lowest BCUT2D eigenvalue weighted by molar-refractivity contribution is -0.127. The summed E-state index contributed by atoms with van der Waals surface area (Å²) >= 11 is 6.09. The fourth-order valence-electron chi connectivity index (χ4n) is 5.33. The number of sulfone groups is 1. The van der Waals surface area contributed by atoms with E-state index in [9.17, 15) is 31.5 Å². The number of fused-ring (bicyclic) bond motifs is 3. The first-order valence-corrected chi connectivity index (χ1v) is 14.6. The highest BCUT2D eigenvalue weighted by molar-refractivity contribution is 7.91. The van der Waals surface area contributed by atoms with Crippen molar-refractivity contribution in [2.45, 2.75) is 48.2 Å². The van der Waals surface area contributed by atoms with Crippen molar-refractivity contribution in [3.63, 3.8) is 0 Å². The van der Waals surface area contributed by atoms with Crippen LogP contribution < -0.4 is 5.32 Å². The Bertz CT molecular complexity index is 1750. The smallest absolute Gasteiger partial charge is 0.393 e. The van der Waals surface area contributed by atoms with Gasteiger partial charge in [0.2, 0.25) is 9.84 Å². The Hall–Kier alpha value is -3.82. The van der Waals surface area contributed by atoms with Gasteiger partial charge < -0.3 is 10.4 Å². The van der Waals surface area contributed by atoms with E-state index in [1.807, 2.05) is 31.2 Å². The number of carboxylic acid groups (broad SMARTS) is 1. The van der Waals surface area contributed by atoms with Crippen molar-refractivity contribution in [2.24, 2.45) is 0 Å². The third-order valence-electron chi connectivity index (χ3n) is 7.10. The summed E-state index contributed by atoms with van der Waals surface area (Å²) in [6.07, 6.45) is -4.50. The number of hydrogen-bond donors (Lipinski definition) is 2. The number of anilines is 1. The van der Waals surface area contributed by atoms with E-state index in [2.05, 4.69) is 5.32 Å². The highest BCUT2D eigenvalue weighted by Gasteiger charge is 2.32. The minimum Gasteiger partial charge on any atom is -0.478 e. The van der Waals surface area contributed by atoms with Gasteiger partial charge in [0, 0.05) is 18.2 Å². The first-order valence-electron chi connectivity index (χ1n) is 12.8.